The van der Waals surface area contributed by atoms with Crippen molar-refractivity contribution in [3.63, 3.8) is 0 Å². The molecule has 1 unspecified atom stereocenters. The Morgan fingerprint density at radius 2 is 2.21 bits per heavy atom. The van der Waals surface area contributed by atoms with Gasteiger partial charge < -0.3 is 11.1 Å². The molecule has 0 radical (unpaired) electrons. The highest BCUT2D eigenvalue weighted by molar-refractivity contribution is 7.18. The van der Waals surface area contributed by atoms with E-state index in [4.69, 9.17) is 5.73 Å². The van der Waals surface area contributed by atoms with E-state index in [9.17, 15) is 0 Å². The second-order valence-electron chi connectivity index (χ2n) is 5.35. The van der Waals surface area contributed by atoms with Gasteiger partial charge in [-0.2, -0.15) is 0 Å². The van der Waals surface area contributed by atoms with E-state index in [1.807, 2.05) is 0 Å². The quantitative estimate of drug-likeness (QED) is 0.901. The number of rotatable bonds is 4. The van der Waals surface area contributed by atoms with E-state index >= 15 is 0 Å². The SMILES string of the molecule is Cc1csc2c(NC(CN)C3CCCC3)ncnc12. The van der Waals surface area contributed by atoms with Crippen molar-refractivity contribution >= 4 is 27.4 Å². The van der Waals surface area contributed by atoms with Crippen molar-refractivity contribution in [2.24, 2.45) is 11.7 Å². The largest absolute Gasteiger partial charge is 0.364 e. The Morgan fingerprint density at radius 1 is 1.42 bits per heavy atom. The molecule has 0 spiro atoms. The number of hydrogen-bond donors (Lipinski definition) is 2. The first-order valence-corrected chi connectivity index (χ1v) is 7.83. The van der Waals surface area contributed by atoms with Crippen molar-refractivity contribution in [2.45, 2.75) is 38.6 Å². The molecule has 2 heterocycles. The fraction of sp³-hybridized carbons (Fsp3) is 0.571. The molecule has 0 aliphatic heterocycles. The third kappa shape index (κ3) is 2.44. The van der Waals surface area contributed by atoms with Gasteiger partial charge in [0.25, 0.3) is 0 Å². The monoisotopic (exact) mass is 276 g/mol. The molecular weight excluding hydrogens is 256 g/mol. The summed E-state index contributed by atoms with van der Waals surface area (Å²) < 4.78 is 1.15. The van der Waals surface area contributed by atoms with Gasteiger partial charge in [0.05, 0.1) is 10.2 Å². The van der Waals surface area contributed by atoms with Crippen LogP contribution < -0.4 is 11.1 Å². The number of thiophene rings is 1. The summed E-state index contributed by atoms with van der Waals surface area (Å²) >= 11 is 1.71. The lowest BCUT2D eigenvalue weighted by Crippen LogP contribution is -2.35. The molecule has 1 saturated carbocycles. The maximum atomic E-state index is 5.95. The summed E-state index contributed by atoms with van der Waals surface area (Å²) in [6.07, 6.45) is 6.88. The van der Waals surface area contributed by atoms with E-state index in [2.05, 4.69) is 27.6 Å². The second kappa shape index (κ2) is 5.43. The smallest absolute Gasteiger partial charge is 0.147 e. The molecular formula is C14H20N4S. The van der Waals surface area contributed by atoms with Gasteiger partial charge in [0.1, 0.15) is 12.1 Å². The van der Waals surface area contributed by atoms with Crippen molar-refractivity contribution in [1.29, 1.82) is 0 Å². The summed E-state index contributed by atoms with van der Waals surface area (Å²) in [7, 11) is 0. The molecule has 4 nitrogen and oxygen atoms in total. The number of fused-ring (bicyclic) bond motifs is 1. The van der Waals surface area contributed by atoms with Crippen LogP contribution in [-0.4, -0.2) is 22.6 Å². The number of nitrogens with one attached hydrogen (secondary N) is 1. The molecule has 0 aromatic carbocycles. The highest BCUT2D eigenvalue weighted by Crippen LogP contribution is 2.32. The first kappa shape index (κ1) is 12.8. The molecule has 0 saturated heterocycles. The van der Waals surface area contributed by atoms with E-state index in [-0.39, 0.29) is 0 Å². The number of aromatic nitrogens is 2. The van der Waals surface area contributed by atoms with E-state index < -0.39 is 0 Å². The van der Waals surface area contributed by atoms with Gasteiger partial charge in [-0.25, -0.2) is 9.97 Å². The van der Waals surface area contributed by atoms with Crippen LogP contribution in [0.1, 0.15) is 31.2 Å². The van der Waals surface area contributed by atoms with Crippen LogP contribution in [0.5, 0.6) is 0 Å². The summed E-state index contributed by atoms with van der Waals surface area (Å²) in [6.45, 7) is 2.76. The van der Waals surface area contributed by atoms with Gasteiger partial charge in [-0.15, -0.1) is 11.3 Å². The first-order valence-electron chi connectivity index (χ1n) is 6.95. The van der Waals surface area contributed by atoms with Crippen LogP contribution in [0.4, 0.5) is 5.82 Å². The molecule has 3 N–H and O–H groups in total. The van der Waals surface area contributed by atoms with Crippen LogP contribution >= 0.6 is 11.3 Å². The maximum absolute atomic E-state index is 5.95. The van der Waals surface area contributed by atoms with Crippen molar-refractivity contribution in [3.8, 4) is 0 Å². The van der Waals surface area contributed by atoms with Crippen molar-refractivity contribution < 1.29 is 0 Å². The van der Waals surface area contributed by atoms with Crippen LogP contribution in [0, 0.1) is 12.8 Å². The van der Waals surface area contributed by atoms with E-state index in [0.29, 0.717) is 18.5 Å². The zero-order valence-corrected chi connectivity index (χ0v) is 12.0. The normalized spacial score (nSPS) is 18.0. The standard InChI is InChI=1S/C14H20N4S/c1-9-7-19-13-12(9)16-8-17-14(13)18-11(6-15)10-4-2-3-5-10/h7-8,10-11H,2-6,15H2,1H3,(H,16,17,18). The molecule has 5 heteroatoms. The lowest BCUT2D eigenvalue weighted by molar-refractivity contribution is 0.461. The molecule has 1 atom stereocenters. The van der Waals surface area contributed by atoms with Crippen LogP contribution in [0.3, 0.4) is 0 Å². The molecule has 19 heavy (non-hydrogen) atoms. The van der Waals surface area contributed by atoms with Crippen LogP contribution in [-0.2, 0) is 0 Å². The van der Waals surface area contributed by atoms with Crippen LogP contribution in [0.25, 0.3) is 10.2 Å². The molecule has 3 rings (SSSR count). The number of hydrogen-bond acceptors (Lipinski definition) is 5. The highest BCUT2D eigenvalue weighted by Gasteiger charge is 2.24. The van der Waals surface area contributed by atoms with Gasteiger partial charge in [-0.05, 0) is 36.6 Å². The Balaban J connectivity index is 1.87. The molecule has 1 aliphatic rings. The topological polar surface area (TPSA) is 63.8 Å². The zero-order chi connectivity index (χ0) is 13.2. The van der Waals surface area contributed by atoms with E-state index in [1.54, 1.807) is 17.7 Å². The highest BCUT2D eigenvalue weighted by atomic mass is 32.1. The number of nitrogens with two attached hydrogens (primary N) is 1. The Bertz CT molecular complexity index is 560. The van der Waals surface area contributed by atoms with E-state index in [1.165, 1.54) is 31.2 Å². The summed E-state index contributed by atoms with van der Waals surface area (Å²) in [5, 5.41) is 5.70. The summed E-state index contributed by atoms with van der Waals surface area (Å²) in [4.78, 5) is 8.77. The molecule has 0 amide bonds. The minimum absolute atomic E-state index is 0.336. The second-order valence-corrected chi connectivity index (χ2v) is 6.23. The fourth-order valence-corrected chi connectivity index (χ4v) is 3.93. The van der Waals surface area contributed by atoms with Crippen molar-refractivity contribution in [3.05, 3.63) is 17.3 Å². The zero-order valence-electron chi connectivity index (χ0n) is 11.2. The van der Waals surface area contributed by atoms with Gasteiger partial charge in [0.2, 0.25) is 0 Å². The number of anilines is 1. The van der Waals surface area contributed by atoms with Gasteiger partial charge in [-0.3, -0.25) is 0 Å². The molecule has 2 aromatic rings. The average molecular weight is 276 g/mol. The summed E-state index contributed by atoms with van der Waals surface area (Å²) in [5.41, 5.74) is 8.23. The number of aryl methyl sites for hydroxylation is 1. The van der Waals surface area contributed by atoms with Gasteiger partial charge >= 0.3 is 0 Å². The van der Waals surface area contributed by atoms with Crippen molar-refractivity contribution in [1.82, 2.24) is 9.97 Å². The van der Waals surface area contributed by atoms with Crippen molar-refractivity contribution in [2.75, 3.05) is 11.9 Å². The number of nitrogens with zero attached hydrogens (tertiary/aromatic N) is 2. The predicted molar refractivity (Wildman–Crippen MR) is 80.6 cm³/mol. The Kier molecular flexibility index (Phi) is 3.66. The predicted octanol–water partition coefficient (Wildman–Crippen LogP) is 2.93. The van der Waals surface area contributed by atoms with Crippen LogP contribution in [0.15, 0.2) is 11.7 Å². The molecule has 1 fully saturated rings. The minimum Gasteiger partial charge on any atom is -0.364 e. The molecule has 0 bridgehead atoms. The molecule has 1 aliphatic carbocycles. The lowest BCUT2D eigenvalue weighted by Gasteiger charge is -2.23. The maximum Gasteiger partial charge on any atom is 0.147 e. The van der Waals surface area contributed by atoms with Gasteiger partial charge in [0, 0.05) is 12.6 Å². The van der Waals surface area contributed by atoms with E-state index in [0.717, 1.165) is 16.0 Å². The molecule has 102 valence electrons. The Hall–Kier alpha value is -1.20. The summed E-state index contributed by atoms with van der Waals surface area (Å²) in [5.74, 6) is 1.64. The Morgan fingerprint density at radius 3 is 2.95 bits per heavy atom. The third-order valence-electron chi connectivity index (χ3n) is 4.08. The minimum atomic E-state index is 0.336. The lowest BCUT2D eigenvalue weighted by atomic mass is 9.98. The molecule has 2 aromatic heterocycles. The summed E-state index contributed by atoms with van der Waals surface area (Å²) in [6, 6.07) is 0.336. The third-order valence-corrected chi connectivity index (χ3v) is 5.17. The fourth-order valence-electron chi connectivity index (χ4n) is 2.98. The Labute approximate surface area is 117 Å². The van der Waals surface area contributed by atoms with Gasteiger partial charge in [0.15, 0.2) is 0 Å². The van der Waals surface area contributed by atoms with Gasteiger partial charge in [-0.1, -0.05) is 12.8 Å². The first-order chi connectivity index (χ1) is 9.29. The van der Waals surface area contributed by atoms with Crippen LogP contribution in [0.2, 0.25) is 0 Å². The average Bonchev–Trinajstić information content (AvgIpc) is 3.07.